The highest BCUT2D eigenvalue weighted by atomic mass is 19.4. The number of halogens is 3. The Balaban J connectivity index is 1.69. The molecule has 0 radical (unpaired) electrons. The first-order valence-corrected chi connectivity index (χ1v) is 10.5. The molecule has 33 heavy (non-hydrogen) atoms. The number of amides is 1. The summed E-state index contributed by atoms with van der Waals surface area (Å²) in [6.45, 7) is 1.43. The second-order valence-corrected chi connectivity index (χ2v) is 7.61. The first-order valence-electron chi connectivity index (χ1n) is 10.5. The molecular formula is C23H24F3N5O2. The average Bonchev–Trinajstić information content (AvgIpc) is 3.21. The summed E-state index contributed by atoms with van der Waals surface area (Å²) in [4.78, 5) is 14.9. The van der Waals surface area contributed by atoms with Crippen LogP contribution in [0.25, 0.3) is 5.69 Å². The van der Waals surface area contributed by atoms with Gasteiger partial charge in [-0.25, -0.2) is 4.68 Å². The topological polar surface area (TPSA) is 85.4 Å². The van der Waals surface area contributed by atoms with E-state index >= 15 is 0 Å². The number of benzene rings is 2. The van der Waals surface area contributed by atoms with E-state index in [9.17, 15) is 18.0 Å². The Kier molecular flexibility index (Phi) is 6.28. The summed E-state index contributed by atoms with van der Waals surface area (Å²) < 4.78 is 47.3. The van der Waals surface area contributed by atoms with Crippen molar-refractivity contribution in [3.8, 4) is 11.4 Å². The van der Waals surface area contributed by atoms with Crippen LogP contribution in [-0.4, -0.2) is 42.4 Å². The van der Waals surface area contributed by atoms with E-state index in [1.54, 1.807) is 36.4 Å². The highest BCUT2D eigenvalue weighted by Crippen LogP contribution is 2.37. The van der Waals surface area contributed by atoms with Crippen molar-refractivity contribution in [3.63, 3.8) is 0 Å². The van der Waals surface area contributed by atoms with Crippen LogP contribution in [0.2, 0.25) is 0 Å². The number of methoxy groups -OCH3 is 1. The van der Waals surface area contributed by atoms with Crippen molar-refractivity contribution in [2.45, 2.75) is 19.0 Å². The number of ether oxygens (including phenoxy) is 1. The zero-order chi connectivity index (χ0) is 23.6. The van der Waals surface area contributed by atoms with Crippen LogP contribution in [0.5, 0.6) is 5.75 Å². The first kappa shape index (κ1) is 22.7. The Hall–Kier alpha value is -3.53. The van der Waals surface area contributed by atoms with E-state index in [2.05, 4.69) is 10.4 Å². The minimum Gasteiger partial charge on any atom is -0.497 e. The Morgan fingerprint density at radius 1 is 1.09 bits per heavy atom. The second kappa shape index (κ2) is 9.14. The third-order valence-corrected chi connectivity index (χ3v) is 5.49. The van der Waals surface area contributed by atoms with Crippen LogP contribution in [0.4, 0.5) is 24.5 Å². The fraction of sp³-hybridized carbons (Fsp3) is 0.304. The summed E-state index contributed by atoms with van der Waals surface area (Å²) in [6.07, 6.45) is -3.80. The van der Waals surface area contributed by atoms with E-state index in [1.807, 2.05) is 12.1 Å². The molecule has 1 aliphatic heterocycles. The predicted molar refractivity (Wildman–Crippen MR) is 119 cm³/mol. The molecule has 10 heteroatoms. The molecule has 1 aromatic heterocycles. The maximum absolute atomic E-state index is 13.7. The van der Waals surface area contributed by atoms with Crippen LogP contribution < -0.4 is 20.7 Å². The molecule has 0 spiro atoms. The molecule has 3 aromatic rings. The van der Waals surface area contributed by atoms with Gasteiger partial charge in [0.1, 0.15) is 11.4 Å². The van der Waals surface area contributed by atoms with Gasteiger partial charge in [-0.1, -0.05) is 0 Å². The Labute approximate surface area is 188 Å². The Morgan fingerprint density at radius 3 is 2.36 bits per heavy atom. The lowest BCUT2D eigenvalue weighted by Gasteiger charge is -2.28. The van der Waals surface area contributed by atoms with E-state index < -0.39 is 17.8 Å². The molecule has 0 aliphatic carbocycles. The minimum atomic E-state index is -4.67. The van der Waals surface area contributed by atoms with Crippen molar-refractivity contribution in [3.05, 3.63) is 65.5 Å². The van der Waals surface area contributed by atoms with Gasteiger partial charge in [0.25, 0.3) is 5.91 Å². The lowest BCUT2D eigenvalue weighted by atomic mass is 10.0. The highest BCUT2D eigenvalue weighted by Gasteiger charge is 2.43. The van der Waals surface area contributed by atoms with Gasteiger partial charge in [0.2, 0.25) is 0 Å². The molecule has 1 aliphatic rings. The summed E-state index contributed by atoms with van der Waals surface area (Å²) >= 11 is 0. The number of fused-ring (bicyclic) bond motifs is 1. The second-order valence-electron chi connectivity index (χ2n) is 7.61. The van der Waals surface area contributed by atoms with E-state index in [1.165, 1.54) is 12.0 Å². The molecule has 2 heterocycles. The number of carbonyl (C=O) groups is 1. The maximum atomic E-state index is 13.7. The average molecular weight is 459 g/mol. The molecule has 0 saturated heterocycles. The molecule has 0 bridgehead atoms. The molecule has 174 valence electrons. The number of nitrogens with zero attached hydrogens (tertiary/aromatic N) is 3. The van der Waals surface area contributed by atoms with Gasteiger partial charge in [0.05, 0.1) is 12.8 Å². The third kappa shape index (κ3) is 4.51. The predicted octanol–water partition coefficient (Wildman–Crippen LogP) is 3.86. The molecule has 4 rings (SSSR count). The largest absolute Gasteiger partial charge is 0.497 e. The molecule has 0 fully saturated rings. The standard InChI is InChI=1S/C23H24F3N5O2/c1-33-18-9-7-17(8-10-18)31-20-19(21(29-31)23(24,25)26)11-14-30(22(20)32)16-5-3-15(4-6-16)28-13-2-12-27/h3-10,28H,2,11-14,27H2,1H3. The van der Waals surface area contributed by atoms with Crippen molar-refractivity contribution in [1.29, 1.82) is 0 Å². The zero-order valence-electron chi connectivity index (χ0n) is 18.0. The normalized spacial score (nSPS) is 13.7. The maximum Gasteiger partial charge on any atom is 0.435 e. The van der Waals surface area contributed by atoms with E-state index in [4.69, 9.17) is 10.5 Å². The fourth-order valence-electron chi connectivity index (χ4n) is 3.84. The number of alkyl halides is 3. The van der Waals surface area contributed by atoms with Gasteiger partial charge in [-0.2, -0.15) is 18.3 Å². The number of hydrogen-bond acceptors (Lipinski definition) is 5. The Morgan fingerprint density at radius 2 is 1.76 bits per heavy atom. The SMILES string of the molecule is COc1ccc(-n2nc(C(F)(F)F)c3c2C(=O)N(c2ccc(NCCCN)cc2)CC3)cc1. The summed E-state index contributed by atoms with van der Waals surface area (Å²) in [7, 11) is 1.49. The number of anilines is 2. The number of nitrogens with two attached hydrogens (primary N) is 1. The lowest BCUT2D eigenvalue weighted by molar-refractivity contribution is -0.141. The lowest BCUT2D eigenvalue weighted by Crippen LogP contribution is -2.39. The number of hydrogen-bond donors (Lipinski definition) is 2. The van der Waals surface area contributed by atoms with Gasteiger partial charge in [-0.3, -0.25) is 4.79 Å². The number of rotatable bonds is 7. The minimum absolute atomic E-state index is 0.0442. The van der Waals surface area contributed by atoms with Crippen LogP contribution in [0.1, 0.15) is 28.2 Å². The molecular weight excluding hydrogens is 435 g/mol. The van der Waals surface area contributed by atoms with Crippen molar-refractivity contribution in [1.82, 2.24) is 9.78 Å². The molecule has 0 saturated carbocycles. The van der Waals surface area contributed by atoms with Crippen molar-refractivity contribution < 1.29 is 22.7 Å². The van der Waals surface area contributed by atoms with E-state index in [-0.39, 0.29) is 24.2 Å². The van der Waals surface area contributed by atoms with E-state index in [0.717, 1.165) is 23.3 Å². The van der Waals surface area contributed by atoms with Gasteiger partial charge in [-0.15, -0.1) is 0 Å². The van der Waals surface area contributed by atoms with Gasteiger partial charge < -0.3 is 20.7 Å². The fourth-order valence-corrected chi connectivity index (χ4v) is 3.84. The van der Waals surface area contributed by atoms with Crippen LogP contribution >= 0.6 is 0 Å². The molecule has 2 aromatic carbocycles. The number of nitrogens with one attached hydrogen (secondary N) is 1. The van der Waals surface area contributed by atoms with Gasteiger partial charge >= 0.3 is 6.18 Å². The molecule has 0 atom stereocenters. The molecule has 3 N–H and O–H groups in total. The van der Waals surface area contributed by atoms with Crippen LogP contribution in [-0.2, 0) is 12.6 Å². The number of aromatic nitrogens is 2. The van der Waals surface area contributed by atoms with Crippen LogP contribution in [0.3, 0.4) is 0 Å². The third-order valence-electron chi connectivity index (χ3n) is 5.49. The molecule has 1 amide bonds. The van der Waals surface area contributed by atoms with Gasteiger partial charge in [0.15, 0.2) is 5.69 Å². The summed E-state index contributed by atoms with van der Waals surface area (Å²) in [5.41, 5.74) is 6.13. The first-order chi connectivity index (χ1) is 15.8. The van der Waals surface area contributed by atoms with Crippen LogP contribution in [0, 0.1) is 0 Å². The number of carbonyl (C=O) groups excluding carboxylic acids is 1. The van der Waals surface area contributed by atoms with E-state index in [0.29, 0.717) is 23.7 Å². The summed E-state index contributed by atoms with van der Waals surface area (Å²) in [5, 5.41) is 7.04. The quantitative estimate of drug-likeness (QED) is 0.524. The Bertz CT molecular complexity index is 1120. The van der Waals surface area contributed by atoms with Crippen LogP contribution in [0.15, 0.2) is 48.5 Å². The monoisotopic (exact) mass is 459 g/mol. The van der Waals surface area contributed by atoms with Gasteiger partial charge in [0, 0.05) is 30.0 Å². The summed E-state index contributed by atoms with van der Waals surface area (Å²) in [6, 6.07) is 13.6. The molecule has 7 nitrogen and oxygen atoms in total. The van der Waals surface area contributed by atoms with Crippen molar-refractivity contribution >= 4 is 17.3 Å². The highest BCUT2D eigenvalue weighted by molar-refractivity contribution is 6.07. The summed E-state index contributed by atoms with van der Waals surface area (Å²) in [5.74, 6) is 0.0165. The smallest absolute Gasteiger partial charge is 0.435 e. The van der Waals surface area contributed by atoms with Gasteiger partial charge in [-0.05, 0) is 67.9 Å². The van der Waals surface area contributed by atoms with Crippen molar-refractivity contribution in [2.75, 3.05) is 37.0 Å². The molecule has 0 unspecified atom stereocenters. The zero-order valence-corrected chi connectivity index (χ0v) is 18.0. The van der Waals surface area contributed by atoms with Crippen molar-refractivity contribution in [2.24, 2.45) is 5.73 Å².